The van der Waals surface area contributed by atoms with Crippen molar-refractivity contribution in [2.45, 2.75) is 40.2 Å². The van der Waals surface area contributed by atoms with Crippen LogP contribution in [0.2, 0.25) is 0 Å². The molecule has 12 heteroatoms. The molecule has 2 aliphatic heterocycles. The van der Waals surface area contributed by atoms with Gasteiger partial charge < -0.3 is 4.90 Å². The Morgan fingerprint density at radius 1 is 1.05 bits per heavy atom. The zero-order valence-corrected chi connectivity index (χ0v) is 21.7. The van der Waals surface area contributed by atoms with Crippen LogP contribution in [0.15, 0.2) is 52.7 Å². The summed E-state index contributed by atoms with van der Waals surface area (Å²) in [6.45, 7) is 6.80. The van der Waals surface area contributed by atoms with E-state index in [1.165, 1.54) is 41.6 Å². The van der Waals surface area contributed by atoms with Crippen LogP contribution in [0.1, 0.15) is 38.3 Å². The molecule has 1 amide bonds. The van der Waals surface area contributed by atoms with E-state index in [1.807, 2.05) is 13.8 Å². The predicted octanol–water partition coefficient (Wildman–Crippen LogP) is 4.55. The maximum atomic E-state index is 15.1. The van der Waals surface area contributed by atoms with Gasteiger partial charge in [0.15, 0.2) is 11.2 Å². The van der Waals surface area contributed by atoms with Crippen molar-refractivity contribution in [3.05, 3.63) is 65.2 Å². The Morgan fingerprint density at radius 2 is 1.76 bits per heavy atom. The summed E-state index contributed by atoms with van der Waals surface area (Å²) >= 11 is -1.79. The zero-order chi connectivity index (χ0) is 27.1. The highest BCUT2D eigenvalue weighted by Crippen LogP contribution is 2.25. The van der Waals surface area contributed by atoms with Crippen molar-refractivity contribution in [2.75, 3.05) is 30.5 Å². The van der Waals surface area contributed by atoms with Gasteiger partial charge in [0.05, 0.1) is 17.9 Å². The first-order valence-electron chi connectivity index (χ1n) is 11.9. The molecule has 37 heavy (non-hydrogen) atoms. The minimum absolute atomic E-state index is 0.0717. The van der Waals surface area contributed by atoms with E-state index in [9.17, 15) is 22.2 Å². The molecule has 2 heterocycles. The van der Waals surface area contributed by atoms with Crippen LogP contribution < -0.4 is 4.31 Å². The SMILES string of the molecule is CC.CC(=O)N1CCN(S(=O)N(Cc2ccc(C3=NN=C(C(F)F)C3)cc2F)c2cccc(F)c2)CC1. The summed E-state index contributed by atoms with van der Waals surface area (Å²) < 4.78 is 71.2. The number of alkyl halides is 2. The van der Waals surface area contributed by atoms with Crippen molar-refractivity contribution in [1.29, 1.82) is 0 Å². The van der Waals surface area contributed by atoms with Gasteiger partial charge in [-0.3, -0.25) is 9.10 Å². The van der Waals surface area contributed by atoms with E-state index in [0.29, 0.717) is 37.4 Å². The van der Waals surface area contributed by atoms with Crippen molar-refractivity contribution in [3.8, 4) is 0 Å². The predicted molar refractivity (Wildman–Crippen MR) is 137 cm³/mol. The van der Waals surface area contributed by atoms with Gasteiger partial charge in [0, 0.05) is 50.7 Å². The number of anilines is 1. The lowest BCUT2D eigenvalue weighted by atomic mass is 10.0. The van der Waals surface area contributed by atoms with Gasteiger partial charge in [-0.2, -0.15) is 10.2 Å². The summed E-state index contributed by atoms with van der Waals surface area (Å²) in [4.78, 5) is 13.3. The molecule has 0 bridgehead atoms. The lowest BCUT2D eigenvalue weighted by molar-refractivity contribution is -0.129. The van der Waals surface area contributed by atoms with Crippen LogP contribution in [0.5, 0.6) is 0 Å². The smallest absolute Gasteiger partial charge is 0.278 e. The molecule has 4 rings (SSSR count). The van der Waals surface area contributed by atoms with Crippen molar-refractivity contribution in [3.63, 3.8) is 0 Å². The fourth-order valence-electron chi connectivity index (χ4n) is 3.82. The number of hydrogen-bond donors (Lipinski definition) is 0. The molecule has 2 aromatic rings. The first-order valence-corrected chi connectivity index (χ1v) is 12.9. The highest BCUT2D eigenvalue weighted by Gasteiger charge is 2.28. The van der Waals surface area contributed by atoms with E-state index in [-0.39, 0.29) is 35.9 Å². The van der Waals surface area contributed by atoms with Gasteiger partial charge >= 0.3 is 0 Å². The highest BCUT2D eigenvalue weighted by molar-refractivity contribution is 7.84. The van der Waals surface area contributed by atoms with Crippen LogP contribution in [-0.2, 0) is 22.5 Å². The Labute approximate surface area is 216 Å². The van der Waals surface area contributed by atoms with Gasteiger partial charge in [-0.15, -0.1) is 0 Å². The van der Waals surface area contributed by atoms with Crippen LogP contribution in [-0.4, -0.2) is 63.3 Å². The van der Waals surface area contributed by atoms with Crippen LogP contribution in [0.3, 0.4) is 0 Å². The Hall–Kier alpha value is -3.12. The monoisotopic (exact) mass is 539 g/mol. The lowest BCUT2D eigenvalue weighted by Gasteiger charge is -2.36. The van der Waals surface area contributed by atoms with Crippen LogP contribution in [0.25, 0.3) is 0 Å². The number of carbonyl (C=O) groups excluding carboxylic acids is 1. The number of hydrogen-bond acceptors (Lipinski definition) is 4. The van der Waals surface area contributed by atoms with Gasteiger partial charge in [0.25, 0.3) is 6.43 Å². The number of halogens is 4. The molecule has 1 saturated heterocycles. The van der Waals surface area contributed by atoms with Crippen molar-refractivity contribution in [1.82, 2.24) is 9.21 Å². The zero-order valence-electron chi connectivity index (χ0n) is 20.8. The molecule has 7 nitrogen and oxygen atoms in total. The molecule has 0 N–H and O–H groups in total. The van der Waals surface area contributed by atoms with Gasteiger partial charge in [-0.1, -0.05) is 32.0 Å². The summed E-state index contributed by atoms with van der Waals surface area (Å²) in [6.07, 6.45) is -2.89. The standard InChI is InChI=1S/C23H23F4N5O2S.C2H6/c1-15(33)30-7-9-31(10-8-30)35(34)32(19-4-2-3-18(24)12-19)14-17-6-5-16(11-20(17)25)21-13-22(23(26)27)29-28-21;1-2/h2-6,11-12,23H,7-10,13-14H2,1H3;1-2H3. The molecule has 1 atom stereocenters. The van der Waals surface area contributed by atoms with Crippen molar-refractivity contribution >= 4 is 34.2 Å². The summed E-state index contributed by atoms with van der Waals surface area (Å²) in [5.74, 6) is -1.25. The Morgan fingerprint density at radius 3 is 2.32 bits per heavy atom. The molecule has 1 unspecified atom stereocenters. The third kappa shape index (κ3) is 7.01. The summed E-state index contributed by atoms with van der Waals surface area (Å²) in [7, 11) is 0. The molecule has 200 valence electrons. The molecule has 0 spiro atoms. The van der Waals surface area contributed by atoms with Crippen LogP contribution in [0.4, 0.5) is 23.2 Å². The molecular formula is C25H29F4N5O2S. The highest BCUT2D eigenvalue weighted by atomic mass is 32.2. The van der Waals surface area contributed by atoms with Gasteiger partial charge in [0.1, 0.15) is 17.3 Å². The van der Waals surface area contributed by atoms with E-state index in [0.717, 1.165) is 0 Å². The molecular weight excluding hydrogens is 510 g/mol. The largest absolute Gasteiger partial charge is 0.340 e. The Kier molecular flexibility index (Phi) is 9.93. The summed E-state index contributed by atoms with van der Waals surface area (Å²) in [5, 5.41) is 7.18. The average molecular weight is 540 g/mol. The quantitative estimate of drug-likeness (QED) is 0.485. The Balaban J connectivity index is 0.00000186. The number of rotatable bonds is 7. The maximum absolute atomic E-state index is 15.1. The fraction of sp³-hybridized carbons (Fsp3) is 0.400. The minimum Gasteiger partial charge on any atom is -0.340 e. The van der Waals surface area contributed by atoms with Crippen LogP contribution in [0, 0.1) is 11.6 Å². The average Bonchev–Trinajstić information content (AvgIpc) is 3.40. The first kappa shape index (κ1) is 28.5. The van der Waals surface area contributed by atoms with E-state index in [4.69, 9.17) is 0 Å². The number of amides is 1. The molecule has 0 aliphatic carbocycles. The first-order chi connectivity index (χ1) is 17.7. The second-order valence-corrected chi connectivity index (χ2v) is 9.52. The topological polar surface area (TPSA) is 68.6 Å². The fourth-order valence-corrected chi connectivity index (χ4v) is 5.12. The van der Waals surface area contributed by atoms with Gasteiger partial charge in [0.2, 0.25) is 5.91 Å². The molecule has 0 radical (unpaired) electrons. The van der Waals surface area contributed by atoms with E-state index in [2.05, 4.69) is 10.2 Å². The molecule has 1 fully saturated rings. The number of piperazine rings is 1. The lowest BCUT2D eigenvalue weighted by Crippen LogP contribution is -2.51. The third-order valence-electron chi connectivity index (χ3n) is 5.79. The van der Waals surface area contributed by atoms with Crippen molar-refractivity contribution < 1.29 is 26.6 Å². The van der Waals surface area contributed by atoms with Gasteiger partial charge in [-0.25, -0.2) is 26.1 Å². The maximum Gasteiger partial charge on any atom is 0.278 e. The second-order valence-electron chi connectivity index (χ2n) is 8.10. The van der Waals surface area contributed by atoms with Crippen molar-refractivity contribution in [2.24, 2.45) is 10.2 Å². The minimum atomic E-state index is -2.73. The van der Waals surface area contributed by atoms with Crippen LogP contribution >= 0.6 is 0 Å². The molecule has 0 saturated carbocycles. The van der Waals surface area contributed by atoms with E-state index in [1.54, 1.807) is 21.3 Å². The van der Waals surface area contributed by atoms with E-state index < -0.39 is 29.2 Å². The summed E-state index contributed by atoms with van der Waals surface area (Å²) in [5.41, 5.74) is 0.671. The second kappa shape index (κ2) is 12.9. The number of nitrogens with zero attached hydrogens (tertiary/aromatic N) is 5. The number of carbonyl (C=O) groups is 1. The normalized spacial score (nSPS) is 16.6. The third-order valence-corrected chi connectivity index (χ3v) is 7.31. The molecule has 2 aliphatic rings. The number of benzene rings is 2. The Bertz CT molecular complexity index is 1200. The van der Waals surface area contributed by atoms with E-state index >= 15 is 4.39 Å². The molecule has 2 aromatic carbocycles. The molecule has 0 aromatic heterocycles. The van der Waals surface area contributed by atoms with Gasteiger partial charge in [-0.05, 0) is 24.3 Å². The summed E-state index contributed by atoms with van der Waals surface area (Å²) in [6, 6.07) is 9.70.